The summed E-state index contributed by atoms with van der Waals surface area (Å²) >= 11 is 5.97. The lowest BCUT2D eigenvalue weighted by atomic mass is 9.94. The fourth-order valence-corrected chi connectivity index (χ4v) is 3.61. The van der Waals surface area contributed by atoms with E-state index in [4.69, 9.17) is 21.1 Å². The maximum atomic E-state index is 12.6. The van der Waals surface area contributed by atoms with Gasteiger partial charge in [0.1, 0.15) is 18.0 Å². The first-order valence-electron chi connectivity index (χ1n) is 9.83. The molecule has 148 valence electrons. The van der Waals surface area contributed by atoms with E-state index in [0.29, 0.717) is 28.3 Å². The Morgan fingerprint density at radius 3 is 2.39 bits per heavy atom. The molecule has 0 N–H and O–H groups in total. The van der Waals surface area contributed by atoms with Crippen molar-refractivity contribution < 1.29 is 19.1 Å². The lowest BCUT2D eigenvalue weighted by molar-refractivity contribution is -0.156. The molecule has 2 aromatic carbocycles. The predicted octanol–water partition coefficient (Wildman–Crippen LogP) is 5.60. The van der Waals surface area contributed by atoms with Gasteiger partial charge < -0.3 is 9.47 Å². The summed E-state index contributed by atoms with van der Waals surface area (Å²) in [7, 11) is 0. The van der Waals surface area contributed by atoms with Crippen LogP contribution in [0.5, 0.6) is 5.75 Å². The molecule has 28 heavy (non-hydrogen) atoms. The topological polar surface area (TPSA) is 52.6 Å². The molecule has 2 aromatic rings. The largest absolute Gasteiger partial charge is 0.487 e. The molecule has 1 saturated carbocycles. The highest BCUT2D eigenvalue weighted by atomic mass is 35.5. The fourth-order valence-electron chi connectivity index (χ4n) is 3.42. The maximum Gasteiger partial charge on any atom is 0.306 e. The van der Waals surface area contributed by atoms with Gasteiger partial charge >= 0.3 is 5.97 Å². The van der Waals surface area contributed by atoms with Crippen LogP contribution in [0, 0.1) is 0 Å². The van der Waals surface area contributed by atoms with Crippen molar-refractivity contribution in [1.29, 1.82) is 0 Å². The zero-order valence-corrected chi connectivity index (χ0v) is 16.8. The van der Waals surface area contributed by atoms with E-state index in [2.05, 4.69) is 0 Å². The first-order valence-corrected chi connectivity index (χ1v) is 10.2. The van der Waals surface area contributed by atoms with E-state index >= 15 is 0 Å². The molecule has 0 bridgehead atoms. The Morgan fingerprint density at radius 1 is 1.00 bits per heavy atom. The van der Waals surface area contributed by atoms with Gasteiger partial charge in [-0.15, -0.1) is 0 Å². The van der Waals surface area contributed by atoms with Crippen LogP contribution in [0.25, 0.3) is 0 Å². The average molecular weight is 401 g/mol. The number of hydrogen-bond acceptors (Lipinski definition) is 4. The molecule has 5 heteroatoms. The Morgan fingerprint density at radius 2 is 1.71 bits per heavy atom. The van der Waals surface area contributed by atoms with Crippen molar-refractivity contribution in [3.63, 3.8) is 0 Å². The molecule has 1 fully saturated rings. The van der Waals surface area contributed by atoms with Crippen molar-refractivity contribution >= 4 is 23.4 Å². The van der Waals surface area contributed by atoms with E-state index in [0.717, 1.165) is 32.1 Å². The molecule has 1 aliphatic rings. The lowest BCUT2D eigenvalue weighted by Gasteiger charge is -2.31. The van der Waals surface area contributed by atoms with Gasteiger partial charge in [0.25, 0.3) is 0 Å². The molecule has 4 nitrogen and oxygen atoms in total. The standard InChI is InChI=1S/C23H25ClO4/c1-2-6-22(25)28-21-10-4-3-9-20(21)27-19-13-11-16(12-14-19)23(26)17-7-5-8-18(24)15-17/h5,7-8,11-15,20-21H,2-4,6,9-10H2,1H3. The zero-order chi connectivity index (χ0) is 19.9. The molecule has 0 aliphatic heterocycles. The van der Waals surface area contributed by atoms with Crippen LogP contribution < -0.4 is 4.74 Å². The number of halogens is 1. The number of ketones is 1. The number of benzene rings is 2. The SMILES string of the molecule is CCCC(=O)OC1CCCCC1Oc1ccc(C(=O)c2cccc(Cl)c2)cc1. The minimum atomic E-state index is -0.208. The van der Waals surface area contributed by atoms with E-state index in [1.807, 2.05) is 6.92 Å². The molecule has 3 rings (SSSR count). The molecule has 0 spiro atoms. The number of esters is 1. The molecule has 1 aliphatic carbocycles. The summed E-state index contributed by atoms with van der Waals surface area (Å²) in [5.74, 6) is 0.426. The molecule has 0 radical (unpaired) electrons. The second kappa shape index (κ2) is 9.74. The van der Waals surface area contributed by atoms with E-state index in [1.165, 1.54) is 0 Å². The second-order valence-electron chi connectivity index (χ2n) is 7.08. The van der Waals surface area contributed by atoms with Gasteiger partial charge in [0, 0.05) is 22.6 Å². The third-order valence-corrected chi connectivity index (χ3v) is 5.10. The minimum Gasteiger partial charge on any atom is -0.487 e. The number of ether oxygens (including phenoxy) is 2. The first kappa shape index (κ1) is 20.4. The third kappa shape index (κ3) is 5.35. The van der Waals surface area contributed by atoms with Gasteiger partial charge in [-0.05, 0) is 68.5 Å². The second-order valence-corrected chi connectivity index (χ2v) is 7.52. The van der Waals surface area contributed by atoms with E-state index in [9.17, 15) is 9.59 Å². The summed E-state index contributed by atoms with van der Waals surface area (Å²) < 4.78 is 11.7. The number of hydrogen-bond donors (Lipinski definition) is 0. The molecular formula is C23H25ClO4. The van der Waals surface area contributed by atoms with Crippen LogP contribution in [0.4, 0.5) is 0 Å². The fraction of sp³-hybridized carbons (Fsp3) is 0.391. The lowest BCUT2D eigenvalue weighted by Crippen LogP contribution is -2.38. The molecule has 2 unspecified atom stereocenters. The monoisotopic (exact) mass is 400 g/mol. The number of rotatable bonds is 7. The quantitative estimate of drug-likeness (QED) is 0.448. The molecule has 0 saturated heterocycles. The Bertz CT molecular complexity index is 816. The van der Waals surface area contributed by atoms with Crippen LogP contribution in [0.15, 0.2) is 48.5 Å². The van der Waals surface area contributed by atoms with Crippen LogP contribution in [0.2, 0.25) is 5.02 Å². The summed E-state index contributed by atoms with van der Waals surface area (Å²) in [5, 5.41) is 0.534. The zero-order valence-electron chi connectivity index (χ0n) is 16.0. The summed E-state index contributed by atoms with van der Waals surface area (Å²) in [4.78, 5) is 24.4. The van der Waals surface area contributed by atoms with Gasteiger partial charge in [-0.3, -0.25) is 9.59 Å². The van der Waals surface area contributed by atoms with Gasteiger partial charge in [0.15, 0.2) is 5.78 Å². The van der Waals surface area contributed by atoms with Crippen molar-refractivity contribution in [2.75, 3.05) is 0 Å². The number of carbonyl (C=O) groups is 2. The van der Waals surface area contributed by atoms with E-state index < -0.39 is 0 Å². The van der Waals surface area contributed by atoms with Crippen LogP contribution in [0.3, 0.4) is 0 Å². The van der Waals surface area contributed by atoms with Crippen molar-refractivity contribution in [1.82, 2.24) is 0 Å². The predicted molar refractivity (Wildman–Crippen MR) is 109 cm³/mol. The summed E-state index contributed by atoms with van der Waals surface area (Å²) in [6.07, 6.45) is 4.63. The van der Waals surface area contributed by atoms with Crippen LogP contribution in [-0.2, 0) is 9.53 Å². The van der Waals surface area contributed by atoms with Crippen molar-refractivity contribution in [2.24, 2.45) is 0 Å². The number of carbonyl (C=O) groups excluding carboxylic acids is 2. The van der Waals surface area contributed by atoms with Gasteiger partial charge in [0.05, 0.1) is 0 Å². The molecule has 0 heterocycles. The first-order chi connectivity index (χ1) is 13.6. The van der Waals surface area contributed by atoms with E-state index in [1.54, 1.807) is 48.5 Å². The molecule has 0 aromatic heterocycles. The molecule has 2 atom stereocenters. The summed E-state index contributed by atoms with van der Waals surface area (Å²) in [5.41, 5.74) is 1.13. The van der Waals surface area contributed by atoms with Crippen LogP contribution in [-0.4, -0.2) is 24.0 Å². The Hall–Kier alpha value is -2.33. The smallest absolute Gasteiger partial charge is 0.306 e. The van der Waals surface area contributed by atoms with Crippen LogP contribution in [0.1, 0.15) is 61.4 Å². The highest BCUT2D eigenvalue weighted by molar-refractivity contribution is 6.31. The van der Waals surface area contributed by atoms with Crippen LogP contribution >= 0.6 is 11.6 Å². The molecular weight excluding hydrogens is 376 g/mol. The van der Waals surface area contributed by atoms with Crippen molar-refractivity contribution in [2.45, 2.75) is 57.7 Å². The highest BCUT2D eigenvalue weighted by Gasteiger charge is 2.30. The highest BCUT2D eigenvalue weighted by Crippen LogP contribution is 2.27. The van der Waals surface area contributed by atoms with Crippen molar-refractivity contribution in [3.8, 4) is 5.75 Å². The Kier molecular flexibility index (Phi) is 7.10. The summed E-state index contributed by atoms with van der Waals surface area (Å²) in [6.45, 7) is 1.96. The summed E-state index contributed by atoms with van der Waals surface area (Å²) in [6, 6.07) is 14.0. The van der Waals surface area contributed by atoms with Gasteiger partial charge in [-0.1, -0.05) is 30.7 Å². The Balaban J connectivity index is 1.65. The minimum absolute atomic E-state index is 0.0851. The van der Waals surface area contributed by atoms with Gasteiger partial charge in [-0.25, -0.2) is 0 Å². The molecule has 0 amide bonds. The third-order valence-electron chi connectivity index (χ3n) is 4.87. The maximum absolute atomic E-state index is 12.6. The van der Waals surface area contributed by atoms with Gasteiger partial charge in [0.2, 0.25) is 0 Å². The van der Waals surface area contributed by atoms with E-state index in [-0.39, 0.29) is 24.0 Å². The van der Waals surface area contributed by atoms with Crippen molar-refractivity contribution in [3.05, 3.63) is 64.7 Å². The average Bonchev–Trinajstić information content (AvgIpc) is 2.70. The van der Waals surface area contributed by atoms with Gasteiger partial charge in [-0.2, -0.15) is 0 Å². The Labute approximate surface area is 170 Å². The normalized spacial score (nSPS) is 19.1.